The Kier molecular flexibility index (Phi) is 5.79. The summed E-state index contributed by atoms with van der Waals surface area (Å²) in [4.78, 5) is 22.7. The number of aliphatic carboxylic acids is 1. The van der Waals surface area contributed by atoms with Crippen LogP contribution in [-0.2, 0) is 16.0 Å². The zero-order valence-electron chi connectivity index (χ0n) is 11.3. The predicted octanol–water partition coefficient (Wildman–Crippen LogP) is 1.63. The second-order valence-electron chi connectivity index (χ2n) is 4.60. The third-order valence-electron chi connectivity index (χ3n) is 2.84. The van der Waals surface area contributed by atoms with E-state index >= 15 is 0 Å². The lowest BCUT2D eigenvalue weighted by Crippen LogP contribution is -2.42. The summed E-state index contributed by atoms with van der Waals surface area (Å²) in [6, 6.07) is 3.77. The van der Waals surface area contributed by atoms with Crippen LogP contribution in [0.25, 0.3) is 0 Å². The summed E-state index contributed by atoms with van der Waals surface area (Å²) < 4.78 is 26.8. The molecule has 0 radical (unpaired) electrons. The molecule has 0 aromatic heterocycles. The molecule has 2 atom stereocenters. The number of carbonyl (C=O) groups is 2. The first kappa shape index (κ1) is 16.6. The Morgan fingerprint density at radius 2 is 1.95 bits per heavy atom. The highest BCUT2D eigenvalue weighted by atomic mass is 19.1. The third kappa shape index (κ3) is 4.84. The fourth-order valence-electron chi connectivity index (χ4n) is 1.73. The number of nitriles is 1. The Bertz CT molecular complexity index is 564. The predicted molar refractivity (Wildman–Crippen MR) is 69.0 cm³/mol. The van der Waals surface area contributed by atoms with E-state index in [1.165, 1.54) is 13.0 Å². The van der Waals surface area contributed by atoms with Gasteiger partial charge in [0.05, 0.1) is 12.5 Å². The van der Waals surface area contributed by atoms with Crippen molar-refractivity contribution in [1.29, 1.82) is 5.26 Å². The van der Waals surface area contributed by atoms with Crippen molar-refractivity contribution in [1.82, 2.24) is 5.32 Å². The Balaban J connectivity index is 2.75. The van der Waals surface area contributed by atoms with Crippen molar-refractivity contribution in [2.75, 3.05) is 0 Å². The Morgan fingerprint density at radius 3 is 2.43 bits per heavy atom. The number of nitrogens with zero attached hydrogens (tertiary/aromatic N) is 1. The van der Waals surface area contributed by atoms with Crippen molar-refractivity contribution in [3.05, 3.63) is 35.4 Å². The van der Waals surface area contributed by atoms with Crippen LogP contribution in [-0.4, -0.2) is 23.0 Å². The molecule has 2 N–H and O–H groups in total. The minimum absolute atomic E-state index is 0.0860. The largest absolute Gasteiger partial charge is 0.480 e. The van der Waals surface area contributed by atoms with Gasteiger partial charge in [-0.25, -0.2) is 13.6 Å². The number of amides is 1. The van der Waals surface area contributed by atoms with Gasteiger partial charge in [0.2, 0.25) is 5.91 Å². The van der Waals surface area contributed by atoms with Gasteiger partial charge >= 0.3 is 5.97 Å². The maximum absolute atomic E-state index is 13.4. The van der Waals surface area contributed by atoms with Crippen molar-refractivity contribution in [3.63, 3.8) is 0 Å². The van der Waals surface area contributed by atoms with Crippen LogP contribution in [0.1, 0.15) is 18.9 Å². The summed E-state index contributed by atoms with van der Waals surface area (Å²) >= 11 is 0. The van der Waals surface area contributed by atoms with Gasteiger partial charge in [0.15, 0.2) is 0 Å². The van der Waals surface area contributed by atoms with Gasteiger partial charge in [0.1, 0.15) is 17.7 Å². The van der Waals surface area contributed by atoms with Crippen LogP contribution in [0.4, 0.5) is 8.78 Å². The molecule has 0 heterocycles. The monoisotopic (exact) mass is 296 g/mol. The van der Waals surface area contributed by atoms with E-state index < -0.39 is 47.5 Å². The van der Waals surface area contributed by atoms with Crippen LogP contribution >= 0.6 is 0 Å². The van der Waals surface area contributed by atoms with Crippen LogP contribution in [0, 0.1) is 28.9 Å². The highest BCUT2D eigenvalue weighted by Crippen LogP contribution is 2.13. The highest BCUT2D eigenvalue weighted by molar-refractivity contribution is 5.84. The van der Waals surface area contributed by atoms with E-state index in [0.29, 0.717) is 0 Å². The number of nitrogens with one attached hydrogen (secondary N) is 1. The summed E-state index contributed by atoms with van der Waals surface area (Å²) in [5, 5.41) is 19.8. The second-order valence-corrected chi connectivity index (χ2v) is 4.60. The maximum atomic E-state index is 13.4. The lowest BCUT2D eigenvalue weighted by molar-refractivity contribution is -0.142. The molecule has 0 unspecified atom stereocenters. The number of hydrogen-bond acceptors (Lipinski definition) is 3. The van der Waals surface area contributed by atoms with Gasteiger partial charge in [-0.15, -0.1) is 0 Å². The summed E-state index contributed by atoms with van der Waals surface area (Å²) in [5.41, 5.74) is -0.424. The molecule has 0 aliphatic rings. The molecule has 1 aromatic carbocycles. The minimum atomic E-state index is -1.31. The Morgan fingerprint density at radius 1 is 1.38 bits per heavy atom. The first-order valence-electron chi connectivity index (χ1n) is 6.19. The van der Waals surface area contributed by atoms with E-state index in [1.807, 2.05) is 6.07 Å². The highest BCUT2D eigenvalue weighted by Gasteiger charge is 2.23. The second kappa shape index (κ2) is 7.33. The summed E-state index contributed by atoms with van der Waals surface area (Å²) in [5.74, 6) is -4.45. The van der Waals surface area contributed by atoms with Gasteiger partial charge in [-0.1, -0.05) is 6.07 Å². The fraction of sp³-hybridized carbons (Fsp3) is 0.357. The molecule has 0 aliphatic carbocycles. The molecule has 1 rings (SSSR count). The normalized spacial score (nSPS) is 13.0. The standard InChI is InChI=1S/C14H14F2N2O3/c1-8(7-17)5-12(14(20)21)18-13(19)6-9-10(15)3-2-4-11(9)16/h2-4,8,12H,5-6H2,1H3,(H,18,19)(H,20,21)/t8-,12-/m0/s1. The molecule has 21 heavy (non-hydrogen) atoms. The minimum Gasteiger partial charge on any atom is -0.480 e. The van der Waals surface area contributed by atoms with Gasteiger partial charge in [0.25, 0.3) is 0 Å². The SMILES string of the molecule is C[C@H](C#N)C[C@H](NC(=O)Cc1c(F)cccc1F)C(=O)O. The van der Waals surface area contributed by atoms with Crippen LogP contribution in [0.15, 0.2) is 18.2 Å². The number of hydrogen-bond donors (Lipinski definition) is 2. The van der Waals surface area contributed by atoms with E-state index in [9.17, 15) is 18.4 Å². The number of carboxylic acids is 1. The molecule has 0 spiro atoms. The smallest absolute Gasteiger partial charge is 0.326 e. The lowest BCUT2D eigenvalue weighted by Gasteiger charge is -2.15. The first-order chi connectivity index (χ1) is 9.85. The van der Waals surface area contributed by atoms with Gasteiger partial charge in [-0.3, -0.25) is 4.79 Å². The Hall–Kier alpha value is -2.49. The average molecular weight is 296 g/mol. The number of carbonyl (C=O) groups excluding carboxylic acids is 1. The number of carboxylic acid groups (broad SMARTS) is 1. The summed E-state index contributed by atoms with van der Waals surface area (Å²) in [7, 11) is 0. The number of rotatable bonds is 6. The molecule has 5 nitrogen and oxygen atoms in total. The van der Waals surface area contributed by atoms with Crippen LogP contribution < -0.4 is 5.32 Å². The zero-order chi connectivity index (χ0) is 16.0. The summed E-state index contributed by atoms with van der Waals surface area (Å²) in [6.07, 6.45) is -0.694. The molecule has 112 valence electrons. The van der Waals surface area contributed by atoms with Crippen LogP contribution in [0.3, 0.4) is 0 Å². The quantitative estimate of drug-likeness (QED) is 0.834. The van der Waals surface area contributed by atoms with E-state index in [4.69, 9.17) is 10.4 Å². The number of halogens is 2. The van der Waals surface area contributed by atoms with Crippen molar-refractivity contribution in [2.24, 2.45) is 5.92 Å². The molecule has 0 fully saturated rings. The van der Waals surface area contributed by atoms with E-state index in [0.717, 1.165) is 12.1 Å². The molecule has 0 aliphatic heterocycles. The molecular weight excluding hydrogens is 282 g/mol. The molecule has 0 saturated heterocycles. The van der Waals surface area contributed by atoms with Crippen molar-refractivity contribution >= 4 is 11.9 Å². The molecule has 0 saturated carbocycles. The average Bonchev–Trinajstić information content (AvgIpc) is 2.42. The van der Waals surface area contributed by atoms with E-state index in [1.54, 1.807) is 0 Å². The first-order valence-corrected chi connectivity index (χ1v) is 6.19. The van der Waals surface area contributed by atoms with Gasteiger partial charge in [-0.2, -0.15) is 5.26 Å². The van der Waals surface area contributed by atoms with Crippen molar-refractivity contribution < 1.29 is 23.5 Å². The molecule has 7 heteroatoms. The van der Waals surface area contributed by atoms with Crippen LogP contribution in [0.5, 0.6) is 0 Å². The molecule has 0 bridgehead atoms. The molecule has 1 amide bonds. The van der Waals surface area contributed by atoms with Gasteiger partial charge in [0, 0.05) is 11.5 Å². The lowest BCUT2D eigenvalue weighted by atomic mass is 10.0. The third-order valence-corrected chi connectivity index (χ3v) is 2.84. The van der Waals surface area contributed by atoms with Crippen LogP contribution in [0.2, 0.25) is 0 Å². The van der Waals surface area contributed by atoms with E-state index in [-0.39, 0.29) is 6.42 Å². The number of benzene rings is 1. The molecule has 1 aromatic rings. The fourth-order valence-corrected chi connectivity index (χ4v) is 1.73. The summed E-state index contributed by atoms with van der Waals surface area (Å²) in [6.45, 7) is 1.51. The van der Waals surface area contributed by atoms with E-state index in [2.05, 4.69) is 5.32 Å². The molecular formula is C14H14F2N2O3. The van der Waals surface area contributed by atoms with Crippen molar-refractivity contribution in [2.45, 2.75) is 25.8 Å². The van der Waals surface area contributed by atoms with Crippen molar-refractivity contribution in [3.8, 4) is 6.07 Å². The van der Waals surface area contributed by atoms with Gasteiger partial charge in [-0.05, 0) is 25.5 Å². The zero-order valence-corrected chi connectivity index (χ0v) is 11.3. The van der Waals surface area contributed by atoms with Gasteiger partial charge < -0.3 is 10.4 Å². The Labute approximate surface area is 120 Å². The topological polar surface area (TPSA) is 90.2 Å². The maximum Gasteiger partial charge on any atom is 0.326 e.